The lowest BCUT2D eigenvalue weighted by atomic mass is 10.2. The summed E-state index contributed by atoms with van der Waals surface area (Å²) < 4.78 is 43.6. The van der Waals surface area contributed by atoms with E-state index in [0.29, 0.717) is 22.6 Å². The van der Waals surface area contributed by atoms with Crippen LogP contribution in [0.25, 0.3) is 0 Å². The van der Waals surface area contributed by atoms with Crippen LogP contribution in [-0.4, -0.2) is 10.5 Å². The number of hydrogen-bond donors (Lipinski definition) is 1. The summed E-state index contributed by atoms with van der Waals surface area (Å²) in [6, 6.07) is 4.31. The molecule has 8 heteroatoms. The molecule has 0 aliphatic rings. The van der Waals surface area contributed by atoms with E-state index in [4.69, 9.17) is 4.42 Å². The van der Waals surface area contributed by atoms with Crippen LogP contribution in [0.2, 0.25) is 0 Å². The van der Waals surface area contributed by atoms with Gasteiger partial charge in [-0.05, 0) is 25.1 Å². The third-order valence-electron chi connectivity index (χ3n) is 2.97. The minimum atomic E-state index is -4.58. The molecule has 1 amide bonds. The van der Waals surface area contributed by atoms with Crippen LogP contribution in [0.3, 0.4) is 0 Å². The Hall–Kier alpha value is -2.51. The molecule has 2 rings (SSSR count). The highest BCUT2D eigenvalue weighted by molar-refractivity contribution is 5.76. The van der Waals surface area contributed by atoms with Gasteiger partial charge >= 0.3 is 6.18 Å². The number of nitrogens with zero attached hydrogens (tertiary/aromatic N) is 1. The molecule has 0 aliphatic heterocycles. The number of alkyl halides is 3. The summed E-state index contributed by atoms with van der Waals surface area (Å²) in [4.78, 5) is 23.4. The highest BCUT2D eigenvalue weighted by atomic mass is 19.4. The number of aromatic nitrogens is 1. The summed E-state index contributed by atoms with van der Waals surface area (Å²) >= 11 is 0. The van der Waals surface area contributed by atoms with Gasteiger partial charge in [0.05, 0.1) is 17.9 Å². The Labute approximate surface area is 123 Å². The maximum atomic E-state index is 12.6. The summed E-state index contributed by atoms with van der Waals surface area (Å²) in [5.41, 5.74) is -1.67. The van der Waals surface area contributed by atoms with Crippen molar-refractivity contribution >= 4 is 5.91 Å². The van der Waals surface area contributed by atoms with Crippen molar-refractivity contribution in [1.82, 2.24) is 9.88 Å². The van der Waals surface area contributed by atoms with Gasteiger partial charge in [0, 0.05) is 12.3 Å². The topological polar surface area (TPSA) is 64.2 Å². The van der Waals surface area contributed by atoms with Gasteiger partial charge in [-0.25, -0.2) is 0 Å². The van der Waals surface area contributed by atoms with Gasteiger partial charge in [0.25, 0.3) is 5.56 Å². The second-order valence-corrected chi connectivity index (χ2v) is 4.69. The zero-order valence-corrected chi connectivity index (χ0v) is 11.6. The molecule has 5 nitrogen and oxygen atoms in total. The zero-order chi connectivity index (χ0) is 16.3. The SMILES string of the molecule is CC(NC(=O)Cn1cc(C(F)(F)F)ccc1=O)c1ccco1. The number of nitrogens with one attached hydrogen (secondary N) is 1. The Morgan fingerprint density at radius 1 is 1.36 bits per heavy atom. The van der Waals surface area contributed by atoms with Gasteiger partial charge in [0.15, 0.2) is 0 Å². The van der Waals surface area contributed by atoms with E-state index in [1.54, 1.807) is 19.1 Å². The Balaban J connectivity index is 2.10. The van der Waals surface area contributed by atoms with Gasteiger partial charge in [-0.1, -0.05) is 0 Å². The van der Waals surface area contributed by atoms with Crippen LogP contribution in [0.4, 0.5) is 13.2 Å². The first-order valence-electron chi connectivity index (χ1n) is 6.38. The number of amides is 1. The van der Waals surface area contributed by atoms with Crippen LogP contribution in [0.1, 0.15) is 24.3 Å². The number of carbonyl (C=O) groups is 1. The van der Waals surface area contributed by atoms with Gasteiger partial charge in [0.1, 0.15) is 12.3 Å². The van der Waals surface area contributed by atoms with Crippen LogP contribution in [-0.2, 0) is 17.5 Å². The second-order valence-electron chi connectivity index (χ2n) is 4.69. The molecule has 0 saturated heterocycles. The van der Waals surface area contributed by atoms with E-state index in [-0.39, 0.29) is 0 Å². The molecule has 1 atom stereocenters. The van der Waals surface area contributed by atoms with E-state index < -0.39 is 35.8 Å². The molecule has 1 unspecified atom stereocenters. The summed E-state index contributed by atoms with van der Waals surface area (Å²) in [6.07, 6.45) is -2.51. The number of hydrogen-bond acceptors (Lipinski definition) is 3. The van der Waals surface area contributed by atoms with Gasteiger partial charge in [-0.15, -0.1) is 0 Å². The zero-order valence-electron chi connectivity index (χ0n) is 11.6. The third-order valence-corrected chi connectivity index (χ3v) is 2.97. The molecule has 0 fully saturated rings. The van der Waals surface area contributed by atoms with E-state index >= 15 is 0 Å². The summed E-state index contributed by atoms with van der Waals surface area (Å²) in [5.74, 6) is -0.0879. The second kappa shape index (κ2) is 6.08. The molecule has 0 saturated carbocycles. The fourth-order valence-electron chi connectivity index (χ4n) is 1.87. The first kappa shape index (κ1) is 15.9. The maximum Gasteiger partial charge on any atom is 0.417 e. The molecule has 118 valence electrons. The van der Waals surface area contributed by atoms with Gasteiger partial charge in [0.2, 0.25) is 5.91 Å². The van der Waals surface area contributed by atoms with Crippen LogP contribution < -0.4 is 10.9 Å². The monoisotopic (exact) mass is 314 g/mol. The first-order valence-corrected chi connectivity index (χ1v) is 6.38. The standard InChI is InChI=1S/C14H13F3N2O3/c1-9(11-3-2-6-22-11)18-12(20)8-19-7-10(14(15,16)17)4-5-13(19)21/h2-7,9H,8H2,1H3,(H,18,20). The quantitative estimate of drug-likeness (QED) is 0.942. The van der Waals surface area contributed by atoms with Gasteiger partial charge in [-0.2, -0.15) is 13.2 Å². The molecule has 0 spiro atoms. The van der Waals surface area contributed by atoms with Crippen molar-refractivity contribution in [2.24, 2.45) is 0 Å². The van der Waals surface area contributed by atoms with Crippen molar-refractivity contribution in [2.45, 2.75) is 25.7 Å². The smallest absolute Gasteiger partial charge is 0.417 e. The van der Waals surface area contributed by atoms with E-state index in [9.17, 15) is 22.8 Å². The van der Waals surface area contributed by atoms with Crippen LogP contribution >= 0.6 is 0 Å². The molecule has 2 aromatic rings. The predicted molar refractivity (Wildman–Crippen MR) is 71.0 cm³/mol. The van der Waals surface area contributed by atoms with Crippen molar-refractivity contribution in [3.05, 3.63) is 58.4 Å². The lowest BCUT2D eigenvalue weighted by Crippen LogP contribution is -2.33. The molecule has 22 heavy (non-hydrogen) atoms. The van der Waals surface area contributed by atoms with E-state index in [0.717, 1.165) is 6.07 Å². The van der Waals surface area contributed by atoms with Crippen molar-refractivity contribution in [2.75, 3.05) is 0 Å². The number of carbonyl (C=O) groups excluding carboxylic acids is 1. The fourth-order valence-corrected chi connectivity index (χ4v) is 1.87. The van der Waals surface area contributed by atoms with Crippen LogP contribution in [0.5, 0.6) is 0 Å². The molecule has 1 N–H and O–H groups in total. The van der Waals surface area contributed by atoms with Gasteiger partial charge < -0.3 is 14.3 Å². The number of rotatable bonds is 4. The summed E-state index contributed by atoms with van der Waals surface area (Å²) in [6.45, 7) is 1.15. The molecule has 2 aromatic heterocycles. The van der Waals surface area contributed by atoms with Crippen LogP contribution in [0, 0.1) is 0 Å². The molecular weight excluding hydrogens is 301 g/mol. The molecule has 0 bridgehead atoms. The number of halogens is 3. The number of furan rings is 1. The van der Waals surface area contributed by atoms with E-state index in [1.807, 2.05) is 0 Å². The summed E-state index contributed by atoms with van der Waals surface area (Å²) in [5, 5.41) is 2.54. The Kier molecular flexibility index (Phi) is 4.39. The van der Waals surface area contributed by atoms with Crippen LogP contribution in [0.15, 0.2) is 45.9 Å². The van der Waals surface area contributed by atoms with Crippen molar-refractivity contribution in [1.29, 1.82) is 0 Å². The Morgan fingerprint density at radius 3 is 2.68 bits per heavy atom. The molecule has 0 aromatic carbocycles. The average molecular weight is 314 g/mol. The molecule has 0 radical (unpaired) electrons. The fraction of sp³-hybridized carbons (Fsp3) is 0.286. The largest absolute Gasteiger partial charge is 0.467 e. The Morgan fingerprint density at radius 2 is 2.09 bits per heavy atom. The Bertz CT molecular complexity index is 705. The van der Waals surface area contributed by atoms with E-state index in [2.05, 4.69) is 5.32 Å². The predicted octanol–water partition coefficient (Wildman–Crippen LogP) is 2.34. The third kappa shape index (κ3) is 3.78. The average Bonchev–Trinajstić information content (AvgIpc) is 2.94. The van der Waals surface area contributed by atoms with E-state index in [1.165, 1.54) is 6.26 Å². The lowest BCUT2D eigenvalue weighted by molar-refractivity contribution is -0.138. The maximum absolute atomic E-state index is 12.6. The first-order chi connectivity index (χ1) is 10.3. The minimum Gasteiger partial charge on any atom is -0.467 e. The van der Waals surface area contributed by atoms with Gasteiger partial charge in [-0.3, -0.25) is 9.59 Å². The van der Waals surface area contributed by atoms with Crippen molar-refractivity contribution in [3.63, 3.8) is 0 Å². The highest BCUT2D eigenvalue weighted by Gasteiger charge is 2.31. The van der Waals surface area contributed by atoms with Crippen molar-refractivity contribution in [3.8, 4) is 0 Å². The molecule has 2 heterocycles. The minimum absolute atomic E-state index is 0.455. The number of pyridine rings is 1. The summed E-state index contributed by atoms with van der Waals surface area (Å²) in [7, 11) is 0. The normalized spacial score (nSPS) is 12.9. The lowest BCUT2D eigenvalue weighted by Gasteiger charge is -2.13. The molecular formula is C14H13F3N2O3. The van der Waals surface area contributed by atoms with Crippen molar-refractivity contribution < 1.29 is 22.4 Å². The molecule has 0 aliphatic carbocycles. The highest BCUT2D eigenvalue weighted by Crippen LogP contribution is 2.27.